The highest BCUT2D eigenvalue weighted by Gasteiger charge is 2.42. The highest BCUT2D eigenvalue weighted by molar-refractivity contribution is 7.14. The van der Waals surface area contributed by atoms with Crippen LogP contribution < -0.4 is 16.4 Å². The lowest BCUT2D eigenvalue weighted by Crippen LogP contribution is -2.34. The Bertz CT molecular complexity index is 992. The van der Waals surface area contributed by atoms with Crippen molar-refractivity contribution in [3.63, 3.8) is 0 Å². The molecule has 1 aromatic heterocycles. The van der Waals surface area contributed by atoms with E-state index in [1.54, 1.807) is 0 Å². The molecule has 1 aliphatic carbocycles. The molecule has 2 unspecified atom stereocenters. The standard InChI is InChI=1S/C18H24N2S.C10H18N2.C2H6/c1-9(2)15-16-10(3)8-21-18(16)20-17(15)14-7-19-13(6)11(4)12(14)5;1-9(11)7-12-6-5-10(8-12)3-2-4-10;1-2/h7-9,15,17,19-20H,6H2,1-5H3;1-8,11H2;1-2H3. The monoisotopic (exact) mass is 496 g/mol. The fraction of sp³-hybridized carbons (Fsp3) is 0.600. The summed E-state index contributed by atoms with van der Waals surface area (Å²) in [6.45, 7) is 26.5. The molecule has 2 atom stereocenters. The zero-order valence-electron chi connectivity index (χ0n) is 23.2. The zero-order valence-corrected chi connectivity index (χ0v) is 24.0. The molecular weight excluding hydrogens is 448 g/mol. The van der Waals surface area contributed by atoms with Gasteiger partial charge in [0.25, 0.3) is 0 Å². The predicted molar refractivity (Wildman–Crippen MR) is 155 cm³/mol. The third kappa shape index (κ3) is 5.72. The number of dihydropyridines is 1. The summed E-state index contributed by atoms with van der Waals surface area (Å²) in [5.41, 5.74) is 15.1. The second kappa shape index (κ2) is 11.4. The molecule has 194 valence electrons. The molecule has 1 aromatic rings. The minimum Gasteiger partial charge on any atom is -0.401 e. The third-order valence-corrected chi connectivity index (χ3v) is 9.31. The van der Waals surface area contributed by atoms with Gasteiger partial charge >= 0.3 is 0 Å². The summed E-state index contributed by atoms with van der Waals surface area (Å²) in [4.78, 5) is 2.45. The van der Waals surface area contributed by atoms with Crippen molar-refractivity contribution in [2.24, 2.45) is 17.1 Å². The number of allylic oxidation sites excluding steroid dienone is 1. The molecular formula is C30H48N4S. The van der Waals surface area contributed by atoms with Crippen LogP contribution in [0.3, 0.4) is 0 Å². The first kappa shape index (κ1) is 27.6. The van der Waals surface area contributed by atoms with E-state index in [-0.39, 0.29) is 0 Å². The van der Waals surface area contributed by atoms with Gasteiger partial charge in [-0.2, -0.15) is 0 Å². The maximum atomic E-state index is 5.58. The van der Waals surface area contributed by atoms with Crippen LogP contribution in [0.5, 0.6) is 0 Å². The highest BCUT2D eigenvalue weighted by Crippen LogP contribution is 2.49. The third-order valence-electron chi connectivity index (χ3n) is 8.26. The lowest BCUT2D eigenvalue weighted by molar-refractivity contribution is 0.141. The molecule has 5 heteroatoms. The van der Waals surface area contributed by atoms with Gasteiger partial charge in [-0.1, -0.05) is 47.3 Å². The first-order chi connectivity index (χ1) is 16.6. The van der Waals surface area contributed by atoms with E-state index in [1.807, 2.05) is 25.2 Å². The lowest BCUT2D eigenvalue weighted by atomic mass is 9.68. The van der Waals surface area contributed by atoms with Crippen LogP contribution in [0.4, 0.5) is 5.00 Å². The fourth-order valence-electron chi connectivity index (χ4n) is 6.05. The van der Waals surface area contributed by atoms with E-state index >= 15 is 0 Å². The number of nitrogens with two attached hydrogens (primary N) is 1. The van der Waals surface area contributed by atoms with Crippen molar-refractivity contribution < 1.29 is 0 Å². The second-order valence-electron chi connectivity index (χ2n) is 11.0. The van der Waals surface area contributed by atoms with E-state index in [1.165, 1.54) is 71.6 Å². The molecule has 1 saturated carbocycles. The van der Waals surface area contributed by atoms with Crippen LogP contribution >= 0.6 is 11.3 Å². The van der Waals surface area contributed by atoms with Crippen LogP contribution in [0.1, 0.15) is 84.3 Å². The van der Waals surface area contributed by atoms with Crippen LogP contribution in [0.25, 0.3) is 0 Å². The van der Waals surface area contributed by atoms with Crippen molar-refractivity contribution in [2.45, 2.75) is 86.1 Å². The second-order valence-corrected chi connectivity index (χ2v) is 11.9. The van der Waals surface area contributed by atoms with Crippen molar-refractivity contribution in [3.05, 3.63) is 64.0 Å². The van der Waals surface area contributed by atoms with Gasteiger partial charge in [-0.3, -0.25) is 4.90 Å². The van der Waals surface area contributed by atoms with Crippen molar-refractivity contribution in [2.75, 3.05) is 25.0 Å². The fourth-order valence-corrected chi connectivity index (χ4v) is 7.09. The Morgan fingerprint density at radius 2 is 1.89 bits per heavy atom. The molecule has 4 aliphatic rings. The minimum absolute atomic E-state index is 0.363. The van der Waals surface area contributed by atoms with E-state index < -0.39 is 0 Å². The summed E-state index contributed by atoms with van der Waals surface area (Å²) in [6.07, 6.45) is 7.86. The van der Waals surface area contributed by atoms with Crippen LogP contribution in [0.2, 0.25) is 0 Å². The summed E-state index contributed by atoms with van der Waals surface area (Å²) in [6, 6.07) is 0.363. The quantitative estimate of drug-likeness (QED) is 0.410. The number of anilines is 1. The Hall–Kier alpha value is -1.98. The van der Waals surface area contributed by atoms with Gasteiger partial charge in [-0.15, -0.1) is 11.3 Å². The molecule has 0 bridgehead atoms. The Labute approximate surface area is 218 Å². The Balaban J connectivity index is 0.000000207. The molecule has 0 radical (unpaired) electrons. The van der Waals surface area contributed by atoms with Gasteiger partial charge in [0.2, 0.25) is 0 Å². The van der Waals surface area contributed by atoms with Gasteiger partial charge in [-0.25, -0.2) is 0 Å². The number of fused-ring (bicyclic) bond motifs is 1. The largest absolute Gasteiger partial charge is 0.401 e. The molecule has 0 aromatic carbocycles. The number of nitrogens with one attached hydrogen (secondary N) is 2. The van der Waals surface area contributed by atoms with Crippen LogP contribution in [0.15, 0.2) is 52.9 Å². The van der Waals surface area contributed by atoms with Crippen molar-refractivity contribution in [1.29, 1.82) is 0 Å². The van der Waals surface area contributed by atoms with E-state index in [0.29, 0.717) is 23.3 Å². The average Bonchev–Trinajstić information content (AvgIpc) is 3.48. The van der Waals surface area contributed by atoms with Crippen LogP contribution in [0, 0.1) is 18.3 Å². The van der Waals surface area contributed by atoms with Crippen LogP contribution in [-0.2, 0) is 0 Å². The van der Waals surface area contributed by atoms with Gasteiger partial charge in [0, 0.05) is 36.6 Å². The summed E-state index contributed by atoms with van der Waals surface area (Å²) in [7, 11) is 0. The van der Waals surface area contributed by atoms with E-state index in [0.717, 1.165) is 17.9 Å². The molecule has 1 spiro atoms. The smallest absolute Gasteiger partial charge is 0.0926 e. The first-order valence-electron chi connectivity index (χ1n) is 13.5. The number of likely N-dealkylation sites (tertiary alicyclic amines) is 1. The van der Waals surface area contributed by atoms with Crippen molar-refractivity contribution >= 4 is 16.3 Å². The summed E-state index contributed by atoms with van der Waals surface area (Å²) >= 11 is 1.84. The highest BCUT2D eigenvalue weighted by atomic mass is 32.1. The number of thiophene rings is 1. The molecule has 1 saturated heterocycles. The topological polar surface area (TPSA) is 53.3 Å². The minimum atomic E-state index is 0.363. The van der Waals surface area contributed by atoms with Gasteiger partial charge in [0.15, 0.2) is 0 Å². The maximum absolute atomic E-state index is 5.58. The van der Waals surface area contributed by atoms with Crippen molar-refractivity contribution in [1.82, 2.24) is 10.2 Å². The number of hydrogen-bond donors (Lipinski definition) is 3. The average molecular weight is 497 g/mol. The molecule has 5 rings (SSSR count). The van der Waals surface area contributed by atoms with Gasteiger partial charge in [-0.05, 0) is 91.1 Å². The van der Waals surface area contributed by atoms with E-state index in [9.17, 15) is 0 Å². The summed E-state index contributed by atoms with van der Waals surface area (Å²) in [5, 5.41) is 10.7. The predicted octanol–water partition coefficient (Wildman–Crippen LogP) is 7.29. The van der Waals surface area contributed by atoms with Gasteiger partial charge < -0.3 is 16.4 Å². The summed E-state index contributed by atoms with van der Waals surface area (Å²) < 4.78 is 0. The number of hydrogen-bond acceptors (Lipinski definition) is 5. The molecule has 4 heterocycles. The molecule has 4 nitrogen and oxygen atoms in total. The summed E-state index contributed by atoms with van der Waals surface area (Å²) in [5.74, 6) is 1.14. The Kier molecular flexibility index (Phi) is 8.98. The molecule has 35 heavy (non-hydrogen) atoms. The van der Waals surface area contributed by atoms with Crippen molar-refractivity contribution in [3.8, 4) is 0 Å². The zero-order chi connectivity index (χ0) is 25.9. The number of aryl methyl sites for hydroxylation is 1. The van der Waals surface area contributed by atoms with Gasteiger partial charge in [0.05, 0.1) is 11.0 Å². The van der Waals surface area contributed by atoms with Crippen LogP contribution in [-0.4, -0.2) is 30.6 Å². The lowest BCUT2D eigenvalue weighted by Gasteiger charge is -2.38. The maximum Gasteiger partial charge on any atom is 0.0926 e. The Morgan fingerprint density at radius 3 is 2.43 bits per heavy atom. The van der Waals surface area contributed by atoms with Gasteiger partial charge in [0.1, 0.15) is 0 Å². The Morgan fingerprint density at radius 1 is 1.20 bits per heavy atom. The van der Waals surface area contributed by atoms with E-state index in [4.69, 9.17) is 5.73 Å². The molecule has 0 amide bonds. The first-order valence-corrected chi connectivity index (χ1v) is 14.3. The molecule has 3 aliphatic heterocycles. The molecule has 4 N–H and O–H groups in total. The number of nitrogens with zero attached hydrogens (tertiary/aromatic N) is 1. The van der Waals surface area contributed by atoms with E-state index in [2.05, 4.69) is 74.9 Å². The molecule has 2 fully saturated rings. The SMILES string of the molecule is C=C(N)CN1CCC2(CCC2)C1.C=C1NC=C(C2Nc3scc(C)c3C2C(C)C)C(C)=C1C.CC. The normalized spacial score (nSPS) is 24.5. The number of rotatable bonds is 4.